The molecule has 76 heavy (non-hydrogen) atoms. The summed E-state index contributed by atoms with van der Waals surface area (Å²) in [6, 6.07) is 13.4. The first-order valence-corrected chi connectivity index (χ1v) is 28.1. The van der Waals surface area contributed by atoms with Gasteiger partial charge in [-0.05, 0) is 90.3 Å². The van der Waals surface area contributed by atoms with E-state index in [1.165, 1.54) is 0 Å². The van der Waals surface area contributed by atoms with Gasteiger partial charge in [0, 0.05) is 22.9 Å². The Hall–Kier alpha value is -8.28. The molecule has 396 valence electrons. The minimum atomic E-state index is -5.58. The Balaban J connectivity index is 1.30. The minimum absolute atomic E-state index is 0.0294. The third-order valence-corrected chi connectivity index (χ3v) is 15.3. The van der Waals surface area contributed by atoms with E-state index in [9.17, 15) is 93.6 Å². The summed E-state index contributed by atoms with van der Waals surface area (Å²) in [7, 11) is -31.5. The molecule has 0 aliphatic heterocycles. The number of nitrogens with two attached hydrogens (primary N) is 1. The summed E-state index contributed by atoms with van der Waals surface area (Å²) in [5.74, 6) is -2.45. The molecule has 38 heteroatoms. The Morgan fingerprint density at radius 3 is 1.39 bits per heavy atom. The van der Waals surface area contributed by atoms with Crippen LogP contribution in [0.4, 0.5) is 56.9 Å². The zero-order valence-electron chi connectivity index (χ0n) is 36.6. The maximum absolute atomic E-state index is 12.7. The molecule has 32 nitrogen and oxygen atoms in total. The third-order valence-electron chi connectivity index (χ3n) is 10.0. The number of non-ortho nitro benzene ring substituents is 1. The number of anilines is 1. The average Bonchev–Trinajstić information content (AvgIpc) is 3.30. The zero-order valence-corrected chi connectivity index (χ0v) is 41.5. The maximum Gasteiger partial charge on any atom is 0.297 e. The Bertz CT molecular complexity index is 4520. The molecule has 0 spiro atoms. The molecule has 0 bridgehead atoms. The van der Waals surface area contributed by atoms with E-state index in [0.717, 1.165) is 66.7 Å². The van der Waals surface area contributed by atoms with Crippen molar-refractivity contribution in [2.45, 2.75) is 29.4 Å². The molecule has 0 fully saturated rings. The van der Waals surface area contributed by atoms with Crippen LogP contribution in [0.2, 0.25) is 0 Å². The molecule has 0 radical (unpaired) electrons. The van der Waals surface area contributed by atoms with Gasteiger partial charge in [-0.2, -0.15) is 65.8 Å². The van der Waals surface area contributed by atoms with Crippen LogP contribution in [-0.4, -0.2) is 93.0 Å². The summed E-state index contributed by atoms with van der Waals surface area (Å²) in [6.07, 6.45) is 0. The van der Waals surface area contributed by atoms with Crippen LogP contribution in [0.15, 0.2) is 167 Å². The highest BCUT2D eigenvalue weighted by molar-refractivity contribution is 7.87. The summed E-state index contributed by atoms with van der Waals surface area (Å²) in [5.41, 5.74) is -0.500. The van der Waals surface area contributed by atoms with E-state index in [0.29, 0.717) is 30.3 Å². The fourth-order valence-corrected chi connectivity index (χ4v) is 10.4. The Kier molecular flexibility index (Phi) is 14.4. The molecule has 0 atom stereocenters. The van der Waals surface area contributed by atoms with Crippen LogP contribution < -0.4 is 5.73 Å². The fourth-order valence-electron chi connectivity index (χ4n) is 6.67. The minimum Gasteiger partial charge on any atom is -0.505 e. The number of phenolic OH excluding ortho intramolecular Hbond substituents is 2. The monoisotopic (exact) mass is 1170 g/mol. The van der Waals surface area contributed by atoms with Crippen molar-refractivity contribution in [3.8, 4) is 11.5 Å². The normalized spacial score (nSPS) is 13.3. The van der Waals surface area contributed by atoms with Gasteiger partial charge in [-0.25, -0.2) is 0 Å². The zero-order chi connectivity index (χ0) is 56.2. The number of hydrogen-bond donors (Lipinski definition) is 9. The van der Waals surface area contributed by atoms with Crippen molar-refractivity contribution in [3.05, 3.63) is 107 Å². The number of hydrogen-bond acceptors (Lipinski definition) is 25. The predicted molar refractivity (Wildman–Crippen MR) is 257 cm³/mol. The molecular formula is C38H26N10O22S6. The van der Waals surface area contributed by atoms with Crippen LogP contribution in [0.3, 0.4) is 0 Å². The maximum atomic E-state index is 12.7. The lowest BCUT2D eigenvalue weighted by molar-refractivity contribution is -0.385. The van der Waals surface area contributed by atoms with Crippen LogP contribution in [0.5, 0.6) is 11.5 Å². The lowest BCUT2D eigenvalue weighted by atomic mass is 10.0. The smallest absolute Gasteiger partial charge is 0.297 e. The molecule has 0 amide bonds. The van der Waals surface area contributed by atoms with Gasteiger partial charge in [-0.15, -0.1) is 25.6 Å². The molecule has 7 rings (SSSR count). The number of nitro groups is 1. The van der Waals surface area contributed by atoms with Crippen molar-refractivity contribution >= 4 is 139 Å². The number of nitrogens with zero attached hydrogens (tertiary/aromatic N) is 9. The van der Waals surface area contributed by atoms with Crippen LogP contribution >= 0.6 is 0 Å². The second-order valence-electron chi connectivity index (χ2n) is 15.0. The van der Waals surface area contributed by atoms with Gasteiger partial charge in [0.25, 0.3) is 66.4 Å². The number of rotatable bonds is 15. The topological polar surface area (TPSA) is 535 Å². The summed E-state index contributed by atoms with van der Waals surface area (Å²) in [6.45, 7) is 0. The van der Waals surface area contributed by atoms with Crippen LogP contribution in [0.1, 0.15) is 0 Å². The second kappa shape index (κ2) is 19.8. The molecule has 0 saturated heterocycles. The van der Waals surface area contributed by atoms with Crippen molar-refractivity contribution in [2.75, 3.05) is 5.73 Å². The Morgan fingerprint density at radius 2 is 0.855 bits per heavy atom. The highest BCUT2D eigenvalue weighted by atomic mass is 32.2. The standard InChI is InChI=1S/C38H26N10O22S6/c39-34-27(16-28(72(56,57)58)24-15-32(76(68,69)70)36(38(50)33(24)34)47-44-26-10-5-21(48(51)52)14-30(26)74(62,63)64)45-42-19-3-8-23-17(11-19)12-31(75(65,66)67)35(37(23)49)46-43-25-9-4-20(13-29(25)73(59,60)61)41-40-18-1-6-22(7-2-18)71(53,54)55/h1-16,49-50H,39H2,(H,53,54,55)(H,56,57,58)(H,59,60,61)(H,62,63,64)(H,65,66,67)(H,68,69,70). The molecule has 10 N–H and O–H groups in total. The van der Waals surface area contributed by atoms with E-state index in [4.69, 9.17) is 10.3 Å². The molecular weight excluding hydrogens is 1140 g/mol. The van der Waals surface area contributed by atoms with Gasteiger partial charge in [-0.1, -0.05) is 0 Å². The quantitative estimate of drug-likeness (QED) is 0.0154. The Morgan fingerprint density at radius 1 is 0.408 bits per heavy atom. The van der Waals surface area contributed by atoms with Gasteiger partial charge in [-0.3, -0.25) is 37.4 Å². The van der Waals surface area contributed by atoms with E-state index in [1.54, 1.807) is 0 Å². The number of phenols is 2. The Labute approximate surface area is 424 Å². The fraction of sp³-hybridized carbons (Fsp3) is 0. The number of fused-ring (bicyclic) bond motifs is 2. The van der Waals surface area contributed by atoms with Gasteiger partial charge in [0.1, 0.15) is 52.9 Å². The van der Waals surface area contributed by atoms with Gasteiger partial charge in [0.15, 0.2) is 11.5 Å². The predicted octanol–water partition coefficient (Wildman–Crippen LogP) is 8.04. The lowest BCUT2D eigenvalue weighted by Crippen LogP contribution is -2.04. The van der Waals surface area contributed by atoms with Crippen LogP contribution in [0, 0.1) is 10.1 Å². The van der Waals surface area contributed by atoms with Crippen molar-refractivity contribution in [2.24, 2.45) is 40.9 Å². The number of nitro benzene ring substituents is 1. The van der Waals surface area contributed by atoms with E-state index < -0.39 is 157 Å². The summed E-state index contributed by atoms with van der Waals surface area (Å²) in [5, 5.41) is 61.0. The SMILES string of the molecule is Nc1c(N=Nc2ccc3c(O)c(N=Nc4ccc(N=Nc5ccc(S(=O)(=O)O)cc5)cc4S(=O)(=O)O)c(S(=O)(=O)O)cc3c2)cc(S(=O)(=O)O)c2cc(S(=O)(=O)O)c(N=Nc3ccc([N+](=O)[O-])cc3S(=O)(=O)O)c(O)c12. The summed E-state index contributed by atoms with van der Waals surface area (Å²) in [4.78, 5) is 3.67. The first kappa shape index (κ1) is 55.5. The first-order chi connectivity index (χ1) is 35.0. The largest absolute Gasteiger partial charge is 0.505 e. The average molecular weight is 1170 g/mol. The van der Waals surface area contributed by atoms with E-state index in [2.05, 4.69) is 40.9 Å². The third kappa shape index (κ3) is 11.8. The van der Waals surface area contributed by atoms with Crippen molar-refractivity contribution < 1.29 is 93.0 Å². The van der Waals surface area contributed by atoms with E-state index in [1.807, 2.05) is 0 Å². The van der Waals surface area contributed by atoms with Crippen molar-refractivity contribution in [3.63, 3.8) is 0 Å². The second-order valence-corrected chi connectivity index (χ2v) is 23.4. The van der Waals surface area contributed by atoms with E-state index >= 15 is 0 Å². The molecule has 0 aliphatic carbocycles. The summed E-state index contributed by atoms with van der Waals surface area (Å²) >= 11 is 0. The molecule has 7 aromatic rings. The number of benzene rings is 7. The van der Waals surface area contributed by atoms with Crippen LogP contribution in [-0.2, 0) is 60.7 Å². The molecule has 0 aliphatic rings. The molecule has 0 saturated carbocycles. The van der Waals surface area contributed by atoms with Gasteiger partial charge in [0.05, 0.1) is 38.0 Å². The van der Waals surface area contributed by atoms with Gasteiger partial charge >= 0.3 is 0 Å². The number of nitrogen functional groups attached to an aromatic ring is 1. The first-order valence-electron chi connectivity index (χ1n) is 19.5. The molecule has 0 unspecified atom stereocenters. The van der Waals surface area contributed by atoms with Crippen molar-refractivity contribution in [1.82, 2.24) is 0 Å². The van der Waals surface area contributed by atoms with Gasteiger partial charge in [0.2, 0.25) is 0 Å². The lowest BCUT2D eigenvalue weighted by Gasteiger charge is -2.14. The molecule has 7 aromatic carbocycles. The highest BCUT2D eigenvalue weighted by Crippen LogP contribution is 2.49. The molecule has 0 aromatic heterocycles. The summed E-state index contributed by atoms with van der Waals surface area (Å²) < 4.78 is 206. The van der Waals surface area contributed by atoms with Gasteiger partial charge < -0.3 is 15.9 Å². The van der Waals surface area contributed by atoms with Crippen LogP contribution in [0.25, 0.3) is 21.5 Å². The number of azo groups is 4. The molecule has 0 heterocycles. The van der Waals surface area contributed by atoms with Crippen molar-refractivity contribution in [1.29, 1.82) is 0 Å². The van der Waals surface area contributed by atoms with E-state index in [-0.39, 0.29) is 27.8 Å². The number of aromatic hydroxyl groups is 2. The highest BCUT2D eigenvalue weighted by Gasteiger charge is 2.30.